The molecule has 5 rings (SSSR count). The van der Waals surface area contributed by atoms with Gasteiger partial charge in [-0.25, -0.2) is 0 Å². The van der Waals surface area contributed by atoms with E-state index in [-0.39, 0.29) is 0 Å². The van der Waals surface area contributed by atoms with E-state index in [0.29, 0.717) is 0 Å². The van der Waals surface area contributed by atoms with Crippen LogP contribution in [0.3, 0.4) is 0 Å². The molecule has 344 valence electrons. The van der Waals surface area contributed by atoms with Gasteiger partial charge in [-0.05, 0) is 0 Å². The van der Waals surface area contributed by atoms with Crippen LogP contribution in [0.4, 0.5) is 0 Å². The Hall–Kier alpha value is -1.53. The maximum absolute atomic E-state index is 11.8. The number of aliphatic hydroxyl groups excluding tert-OH is 16. The summed E-state index contributed by atoms with van der Waals surface area (Å²) in [5, 5.41) is 169. The topological polar surface area (TPSA) is 436 Å². The lowest BCUT2D eigenvalue weighted by molar-refractivity contribution is -0.391. The number of amides is 1. The van der Waals surface area contributed by atoms with Crippen LogP contribution in [0.1, 0.15) is 6.92 Å². The zero-order valence-corrected chi connectivity index (χ0v) is 31.2. The van der Waals surface area contributed by atoms with E-state index in [4.69, 9.17) is 42.6 Å². The lowest BCUT2D eigenvalue weighted by Crippen LogP contribution is -2.68. The van der Waals surface area contributed by atoms with Gasteiger partial charge in [0, 0.05) is 6.92 Å². The summed E-state index contributed by atoms with van der Waals surface area (Å²) < 4.78 is 49.7. The summed E-state index contributed by atoms with van der Waals surface area (Å²) in [6, 6.07) is -1.48. The van der Waals surface area contributed by atoms with Gasteiger partial charge in [-0.3, -0.25) is 4.79 Å². The van der Waals surface area contributed by atoms with E-state index in [0.717, 1.165) is 6.92 Å². The van der Waals surface area contributed by atoms with Gasteiger partial charge in [-0.1, -0.05) is 0 Å². The average Bonchev–Trinajstić information content (AvgIpc) is 3.21. The van der Waals surface area contributed by atoms with Crippen molar-refractivity contribution in [2.24, 2.45) is 0 Å². The van der Waals surface area contributed by atoms with Crippen molar-refractivity contribution >= 4 is 5.91 Å². The largest absolute Gasteiger partial charge is 0.394 e. The monoisotopic (exact) mass is 869 g/mol. The van der Waals surface area contributed by atoms with Crippen LogP contribution >= 0.6 is 0 Å². The van der Waals surface area contributed by atoms with Gasteiger partial charge in [0.05, 0.1) is 33.0 Å². The number of carbonyl (C=O) groups is 1. The molecular formula is C32H55NO26. The third-order valence-electron chi connectivity index (χ3n) is 10.7. The highest BCUT2D eigenvalue weighted by molar-refractivity contribution is 5.73. The number of carbonyl (C=O) groups excluding carboxylic acids is 1. The van der Waals surface area contributed by atoms with Crippen molar-refractivity contribution in [1.82, 2.24) is 5.32 Å². The molecular weight excluding hydrogens is 814 g/mol. The van der Waals surface area contributed by atoms with Crippen molar-refractivity contribution in [3.63, 3.8) is 0 Å². The number of rotatable bonds is 14. The molecule has 5 heterocycles. The fraction of sp³-hybridized carbons (Fsp3) is 0.969. The minimum Gasteiger partial charge on any atom is -0.394 e. The fourth-order valence-electron chi connectivity index (χ4n) is 7.44. The molecule has 1 unspecified atom stereocenters. The summed E-state index contributed by atoms with van der Waals surface area (Å²) in [5.74, 6) is -0.697. The molecule has 0 bridgehead atoms. The minimum atomic E-state index is -2.13. The molecule has 1 amide bonds. The number of ether oxygens (including phenoxy) is 9. The van der Waals surface area contributed by atoms with Crippen LogP contribution < -0.4 is 5.32 Å². The Balaban J connectivity index is 1.24. The first-order chi connectivity index (χ1) is 27.9. The Morgan fingerprint density at radius 1 is 0.407 bits per heavy atom. The average molecular weight is 870 g/mol. The van der Waals surface area contributed by atoms with Crippen LogP contribution in [-0.2, 0) is 47.4 Å². The third-order valence-corrected chi connectivity index (χ3v) is 10.7. The van der Waals surface area contributed by atoms with Crippen molar-refractivity contribution in [3.05, 3.63) is 0 Å². The maximum Gasteiger partial charge on any atom is 0.217 e. The zero-order valence-electron chi connectivity index (χ0n) is 31.2. The van der Waals surface area contributed by atoms with Crippen LogP contribution in [0.2, 0.25) is 0 Å². The Morgan fingerprint density at radius 3 is 1.05 bits per heavy atom. The molecule has 0 saturated carbocycles. The second-order valence-electron chi connectivity index (χ2n) is 14.7. The number of nitrogens with one attached hydrogen (secondary N) is 1. The zero-order chi connectivity index (χ0) is 43.6. The second kappa shape index (κ2) is 20.8. The lowest BCUT2D eigenvalue weighted by atomic mass is 9.95. The van der Waals surface area contributed by atoms with E-state index in [9.17, 15) is 86.5 Å². The molecule has 17 N–H and O–H groups in total. The number of hydrogen-bond acceptors (Lipinski definition) is 26. The standard InChI is InChI=1S/C32H55NO26/c1-7(39)33-13-15(41)14(40)8(2-34)52-29(13)56-25-10(4-36)53-31(21(47)17(25)43)58-27-12(6-38)55-32(23(49)19(27)45)59-26-11(5-37)54-30(22(48)18(26)44)57-24-9(3-35)51-28(50)20(46)16(24)42/h8-32,34-38,40-50H,2-6H2,1H3,(H,33,39)/t8-,9-,10-,11-,12-,13-,14-,15-,16-,17-,18-,19-,20-,21-,22-,23-,24-,25-,26-,27-,28?,29+,30-,31-,32-/m1/s1. The van der Waals surface area contributed by atoms with Crippen molar-refractivity contribution in [2.45, 2.75) is 160 Å². The Kier molecular flexibility index (Phi) is 17.1. The Bertz CT molecular complexity index is 1320. The highest BCUT2D eigenvalue weighted by Crippen LogP contribution is 2.35. The highest BCUT2D eigenvalue weighted by Gasteiger charge is 2.56. The first kappa shape index (κ1) is 48.5. The summed E-state index contributed by atoms with van der Waals surface area (Å²) in [6.07, 6.45) is -43.7. The van der Waals surface area contributed by atoms with Gasteiger partial charge >= 0.3 is 0 Å². The van der Waals surface area contributed by atoms with E-state index in [1.165, 1.54) is 0 Å². The van der Waals surface area contributed by atoms with Gasteiger partial charge in [0.2, 0.25) is 5.91 Å². The highest BCUT2D eigenvalue weighted by atomic mass is 16.8. The molecule has 0 aromatic heterocycles. The summed E-state index contributed by atoms with van der Waals surface area (Å²) in [5.41, 5.74) is 0. The molecule has 5 fully saturated rings. The molecule has 59 heavy (non-hydrogen) atoms. The maximum atomic E-state index is 11.8. The predicted molar refractivity (Wildman–Crippen MR) is 178 cm³/mol. The second-order valence-corrected chi connectivity index (χ2v) is 14.7. The van der Waals surface area contributed by atoms with E-state index in [2.05, 4.69) is 5.32 Å². The van der Waals surface area contributed by atoms with E-state index in [1.54, 1.807) is 0 Å². The smallest absolute Gasteiger partial charge is 0.217 e. The van der Waals surface area contributed by atoms with Gasteiger partial charge in [-0.2, -0.15) is 0 Å². The quantitative estimate of drug-likeness (QED) is 0.0770. The molecule has 0 aromatic rings. The molecule has 0 aromatic carbocycles. The third kappa shape index (κ3) is 10.2. The Morgan fingerprint density at radius 2 is 0.712 bits per heavy atom. The van der Waals surface area contributed by atoms with E-state index < -0.39 is 192 Å². The van der Waals surface area contributed by atoms with Gasteiger partial charge in [0.1, 0.15) is 122 Å². The summed E-state index contributed by atoms with van der Waals surface area (Å²) >= 11 is 0. The van der Waals surface area contributed by atoms with E-state index in [1.807, 2.05) is 0 Å². The Labute approximate surface area is 333 Å². The fourth-order valence-corrected chi connectivity index (χ4v) is 7.44. The van der Waals surface area contributed by atoms with Crippen molar-refractivity contribution in [1.29, 1.82) is 0 Å². The predicted octanol–water partition coefficient (Wildman–Crippen LogP) is -11.8. The molecule has 25 atom stereocenters. The van der Waals surface area contributed by atoms with Crippen LogP contribution in [0.5, 0.6) is 0 Å². The number of aliphatic hydroxyl groups is 16. The van der Waals surface area contributed by atoms with Gasteiger partial charge in [-0.15, -0.1) is 0 Å². The molecule has 27 nitrogen and oxygen atoms in total. The number of hydrogen-bond donors (Lipinski definition) is 17. The molecule has 5 aliphatic heterocycles. The van der Waals surface area contributed by atoms with Gasteiger partial charge in [0.25, 0.3) is 0 Å². The lowest BCUT2D eigenvalue weighted by Gasteiger charge is -2.49. The van der Waals surface area contributed by atoms with Crippen LogP contribution in [0.15, 0.2) is 0 Å². The van der Waals surface area contributed by atoms with Gasteiger partial charge < -0.3 is 130 Å². The van der Waals surface area contributed by atoms with Crippen molar-refractivity contribution in [2.75, 3.05) is 33.0 Å². The molecule has 0 aliphatic carbocycles. The molecule has 5 saturated heterocycles. The van der Waals surface area contributed by atoms with Crippen LogP contribution in [-0.4, -0.2) is 274 Å². The van der Waals surface area contributed by atoms with Crippen LogP contribution in [0.25, 0.3) is 0 Å². The van der Waals surface area contributed by atoms with Gasteiger partial charge in [0.15, 0.2) is 31.5 Å². The minimum absolute atomic E-state index is 0.697. The summed E-state index contributed by atoms with van der Waals surface area (Å²) in [4.78, 5) is 11.8. The van der Waals surface area contributed by atoms with Crippen LogP contribution in [0, 0.1) is 0 Å². The normalized spacial score (nSPS) is 51.0. The summed E-state index contributed by atoms with van der Waals surface area (Å²) in [7, 11) is 0. The molecule has 27 heteroatoms. The molecule has 0 spiro atoms. The first-order valence-electron chi connectivity index (χ1n) is 18.6. The molecule has 0 radical (unpaired) electrons. The molecule has 5 aliphatic rings. The van der Waals surface area contributed by atoms with Crippen molar-refractivity contribution in [3.8, 4) is 0 Å². The first-order valence-corrected chi connectivity index (χ1v) is 18.6. The van der Waals surface area contributed by atoms with E-state index >= 15 is 0 Å². The summed E-state index contributed by atoms with van der Waals surface area (Å²) in [6.45, 7) is -3.45. The SMILES string of the molecule is CC(=O)N[C@H]1[C@H](O[C@H]2[C@H](O)[C@@H](O)[C@@H](O[C@H]3[C@H](O)[C@@H](O)[C@@H](O[C@H]4[C@H](O)[C@@H](O)[C@@H](O[C@H]5[C@H](O)[C@@H](O)C(O)O[C@@H]5CO)O[C@@H]4CO)O[C@@H]3CO)O[C@@H]2CO)O[C@H](CO)[C@@H](O)[C@@H]1O. The van der Waals surface area contributed by atoms with Crippen molar-refractivity contribution < 1.29 is 129 Å².